The van der Waals surface area contributed by atoms with Gasteiger partial charge in [-0.2, -0.15) is 0 Å². The summed E-state index contributed by atoms with van der Waals surface area (Å²) in [6.07, 6.45) is -5.66. The topological polar surface area (TPSA) is 184 Å². The lowest BCUT2D eigenvalue weighted by molar-refractivity contribution is -0.234. The van der Waals surface area contributed by atoms with Gasteiger partial charge in [-0.15, -0.1) is 0 Å². The van der Waals surface area contributed by atoms with Crippen LogP contribution >= 0.6 is 0 Å². The minimum atomic E-state index is -1.78. The number of phenols is 2. The van der Waals surface area contributed by atoms with Gasteiger partial charge in [0, 0.05) is 12.1 Å². The summed E-state index contributed by atoms with van der Waals surface area (Å²) in [7, 11) is 0. The van der Waals surface area contributed by atoms with Gasteiger partial charge in [0.1, 0.15) is 65.8 Å². The van der Waals surface area contributed by atoms with Crippen LogP contribution in [0.1, 0.15) is 35.5 Å². The second kappa shape index (κ2) is 11.4. The molecule has 4 rings (SSSR count). The Morgan fingerprint density at radius 3 is 2.38 bits per heavy atom. The summed E-state index contributed by atoms with van der Waals surface area (Å²) in [4.78, 5) is 36.7. The molecular formula is C28H28O11. The smallest absolute Gasteiger partial charge is 0.330 e. The first-order valence-electron chi connectivity index (χ1n) is 12.1. The third kappa shape index (κ3) is 6.02. The number of aromatic hydroxyl groups is 2. The molecule has 1 aliphatic rings. The van der Waals surface area contributed by atoms with E-state index in [1.807, 2.05) is 0 Å². The third-order valence-electron chi connectivity index (χ3n) is 6.38. The van der Waals surface area contributed by atoms with Crippen molar-refractivity contribution in [2.45, 2.75) is 50.8 Å². The van der Waals surface area contributed by atoms with Gasteiger partial charge in [-0.05, 0) is 49.2 Å². The Labute approximate surface area is 222 Å². The first kappa shape index (κ1) is 28.0. The maximum atomic E-state index is 12.8. The number of hydrogen-bond donors (Lipinski definition) is 5. The van der Waals surface area contributed by atoms with Crippen molar-refractivity contribution in [3.8, 4) is 11.5 Å². The summed E-state index contributed by atoms with van der Waals surface area (Å²) in [6.45, 7) is 2.36. The van der Waals surface area contributed by atoms with Crippen molar-refractivity contribution in [1.29, 1.82) is 0 Å². The molecule has 1 fully saturated rings. The van der Waals surface area contributed by atoms with Crippen LogP contribution in [0.15, 0.2) is 51.7 Å². The predicted octanol–water partition coefficient (Wildman–Crippen LogP) is 1.42. The molecule has 0 saturated carbocycles. The zero-order valence-electron chi connectivity index (χ0n) is 21.1. The number of Topliss-reactive ketones (excluding diaryl/α,β-unsaturated/α-hetero) is 1. The van der Waals surface area contributed by atoms with E-state index in [2.05, 4.69) is 0 Å². The van der Waals surface area contributed by atoms with E-state index in [9.17, 15) is 39.9 Å². The Bertz CT molecular complexity index is 1470. The first-order valence-corrected chi connectivity index (χ1v) is 12.1. The Hall–Kier alpha value is -4.03. The van der Waals surface area contributed by atoms with Crippen LogP contribution in [0.2, 0.25) is 0 Å². The molecule has 11 nitrogen and oxygen atoms in total. The molecule has 11 heteroatoms. The van der Waals surface area contributed by atoms with Gasteiger partial charge in [0.05, 0.1) is 17.4 Å². The standard InChI is InChI=1S/C28H28O11/c1-13-9-18(31)23(27-22(13)19(32)11-17(38-27)10-14(2)29)28-26(36)25(35)24(34)20(39-28)12-37-21(33)8-5-15-3-6-16(30)7-4-15/h3-9,11,20,24-26,28,30-31,34-36H,10,12H2,1-2H3/b8-5+/t20-,24+,25-,26+,28-/m0/s1. The van der Waals surface area contributed by atoms with Crippen LogP contribution in [-0.4, -0.2) is 68.3 Å². The van der Waals surface area contributed by atoms with Crippen molar-refractivity contribution < 1.29 is 49.0 Å². The number of ether oxygens (including phenoxy) is 2. The minimum absolute atomic E-state index is 0.0306. The number of ketones is 1. The van der Waals surface area contributed by atoms with E-state index in [1.54, 1.807) is 19.1 Å². The van der Waals surface area contributed by atoms with Gasteiger partial charge >= 0.3 is 5.97 Å². The van der Waals surface area contributed by atoms with Crippen molar-refractivity contribution >= 4 is 28.8 Å². The van der Waals surface area contributed by atoms with Crippen molar-refractivity contribution in [2.75, 3.05) is 6.61 Å². The second-order valence-corrected chi connectivity index (χ2v) is 9.41. The molecule has 1 aromatic heterocycles. The number of esters is 1. The lowest BCUT2D eigenvalue weighted by Crippen LogP contribution is -2.55. The van der Waals surface area contributed by atoms with E-state index >= 15 is 0 Å². The molecule has 39 heavy (non-hydrogen) atoms. The van der Waals surface area contributed by atoms with Crippen LogP contribution in [0, 0.1) is 6.92 Å². The summed E-state index contributed by atoms with van der Waals surface area (Å²) in [5.74, 6) is -1.38. The molecule has 0 aliphatic carbocycles. The third-order valence-corrected chi connectivity index (χ3v) is 6.38. The van der Waals surface area contributed by atoms with Crippen LogP contribution in [-0.2, 0) is 25.5 Å². The quantitative estimate of drug-likeness (QED) is 0.216. The van der Waals surface area contributed by atoms with Crippen molar-refractivity contribution in [2.24, 2.45) is 0 Å². The summed E-state index contributed by atoms with van der Waals surface area (Å²) >= 11 is 0. The van der Waals surface area contributed by atoms with Crippen molar-refractivity contribution in [3.05, 3.63) is 75.1 Å². The number of carbonyl (C=O) groups excluding carboxylic acids is 2. The molecule has 0 bridgehead atoms. The summed E-state index contributed by atoms with van der Waals surface area (Å²) < 4.78 is 16.8. The Morgan fingerprint density at radius 1 is 1.03 bits per heavy atom. The minimum Gasteiger partial charge on any atom is -0.508 e. The van der Waals surface area contributed by atoms with Gasteiger partial charge in [-0.1, -0.05) is 12.1 Å². The summed E-state index contributed by atoms with van der Waals surface area (Å²) in [5, 5.41) is 52.0. The Balaban J connectivity index is 1.62. The Kier molecular flexibility index (Phi) is 8.17. The molecule has 2 aromatic carbocycles. The maximum absolute atomic E-state index is 12.8. The fourth-order valence-electron chi connectivity index (χ4n) is 4.47. The van der Waals surface area contributed by atoms with Crippen molar-refractivity contribution in [1.82, 2.24) is 0 Å². The fraction of sp³-hybridized carbons (Fsp3) is 0.321. The van der Waals surface area contributed by atoms with Crippen LogP contribution in [0.5, 0.6) is 11.5 Å². The highest BCUT2D eigenvalue weighted by atomic mass is 16.6. The lowest BCUT2D eigenvalue weighted by atomic mass is 9.89. The monoisotopic (exact) mass is 540 g/mol. The summed E-state index contributed by atoms with van der Waals surface area (Å²) in [5.41, 5.74) is 0.190. The van der Waals surface area contributed by atoms with E-state index in [1.165, 1.54) is 37.3 Å². The summed E-state index contributed by atoms with van der Waals surface area (Å²) in [6, 6.07) is 8.49. The maximum Gasteiger partial charge on any atom is 0.330 e. The van der Waals surface area contributed by atoms with Crippen LogP contribution < -0.4 is 5.43 Å². The van der Waals surface area contributed by atoms with E-state index in [-0.39, 0.29) is 40.2 Å². The number of phenolic OH excluding ortho intramolecular Hbond substituents is 2. The number of aryl methyl sites for hydroxylation is 1. The van der Waals surface area contributed by atoms with E-state index in [0.29, 0.717) is 11.1 Å². The van der Waals surface area contributed by atoms with Crippen LogP contribution in [0.4, 0.5) is 0 Å². The number of hydrogen-bond acceptors (Lipinski definition) is 11. The van der Waals surface area contributed by atoms with Gasteiger partial charge in [-0.3, -0.25) is 9.59 Å². The molecule has 0 radical (unpaired) electrons. The number of fused-ring (bicyclic) bond motifs is 1. The molecule has 0 spiro atoms. The number of aliphatic hydroxyl groups excluding tert-OH is 3. The van der Waals surface area contributed by atoms with Gasteiger partial charge in [0.25, 0.3) is 0 Å². The lowest BCUT2D eigenvalue weighted by Gasteiger charge is -2.40. The van der Waals surface area contributed by atoms with Gasteiger partial charge in [0.2, 0.25) is 0 Å². The molecule has 1 saturated heterocycles. The molecule has 5 N–H and O–H groups in total. The number of rotatable bonds is 7. The zero-order valence-corrected chi connectivity index (χ0v) is 21.1. The normalized spacial score (nSPS) is 23.3. The highest BCUT2D eigenvalue weighted by Gasteiger charge is 2.46. The molecular weight excluding hydrogens is 512 g/mol. The highest BCUT2D eigenvalue weighted by molar-refractivity contribution is 5.87. The average Bonchev–Trinajstić information content (AvgIpc) is 2.86. The Morgan fingerprint density at radius 2 is 1.72 bits per heavy atom. The highest BCUT2D eigenvalue weighted by Crippen LogP contribution is 2.41. The largest absolute Gasteiger partial charge is 0.508 e. The second-order valence-electron chi connectivity index (χ2n) is 9.41. The molecule has 5 atom stereocenters. The van der Waals surface area contributed by atoms with Crippen LogP contribution in [0.3, 0.4) is 0 Å². The first-order chi connectivity index (χ1) is 18.5. The molecule has 0 amide bonds. The number of benzene rings is 2. The molecule has 2 heterocycles. The van der Waals surface area contributed by atoms with E-state index < -0.39 is 54.3 Å². The molecule has 1 aliphatic heterocycles. The molecule has 206 valence electrons. The van der Waals surface area contributed by atoms with Crippen molar-refractivity contribution in [3.63, 3.8) is 0 Å². The van der Waals surface area contributed by atoms with Gasteiger partial charge in [0.15, 0.2) is 5.43 Å². The molecule has 3 aromatic rings. The van der Waals surface area contributed by atoms with Gasteiger partial charge < -0.3 is 39.4 Å². The zero-order chi connectivity index (χ0) is 28.4. The van der Waals surface area contributed by atoms with Crippen LogP contribution in [0.25, 0.3) is 17.0 Å². The molecule has 0 unspecified atom stereocenters. The SMILES string of the molecule is CC(=O)Cc1cc(=O)c2c(C)cc(O)c([C@@H]3O[C@@H](COC(=O)/C=C/c4ccc(O)cc4)[C@@H](O)[C@H](O)[C@H]3O)c2o1. The predicted molar refractivity (Wildman–Crippen MR) is 137 cm³/mol. The fourth-order valence-corrected chi connectivity index (χ4v) is 4.47. The van der Waals surface area contributed by atoms with Gasteiger partial charge in [-0.25, -0.2) is 4.79 Å². The van der Waals surface area contributed by atoms with E-state index in [4.69, 9.17) is 13.9 Å². The van der Waals surface area contributed by atoms with E-state index in [0.717, 1.165) is 6.08 Å². The average molecular weight is 541 g/mol. The number of aliphatic hydroxyl groups is 3. The number of carbonyl (C=O) groups is 2.